The molecule has 2 aliphatic rings. The molecule has 0 spiro atoms. The van der Waals surface area contributed by atoms with Gasteiger partial charge in [-0.1, -0.05) is 51.8 Å². The van der Waals surface area contributed by atoms with E-state index < -0.39 is 18.2 Å². The van der Waals surface area contributed by atoms with Crippen LogP contribution in [-0.2, 0) is 6.42 Å². The lowest BCUT2D eigenvalue weighted by atomic mass is 9.86. The summed E-state index contributed by atoms with van der Waals surface area (Å²) in [5.74, 6) is 0.667. The number of hydrogen-bond acceptors (Lipinski definition) is 4. The SMILES string of the molecule is CCC(CCC(C)C)C(O)/C=C/[C@@H]1[C@H]2CCc3ccc(C(=O)O)c(C)c3O[C@H]2C[C@H]1O. The van der Waals surface area contributed by atoms with Crippen molar-refractivity contribution in [2.75, 3.05) is 0 Å². The molecule has 1 heterocycles. The monoisotopic (exact) mass is 430 g/mol. The maximum absolute atomic E-state index is 11.5. The minimum Gasteiger partial charge on any atom is -0.489 e. The summed E-state index contributed by atoms with van der Waals surface area (Å²) in [5, 5.41) is 30.9. The first kappa shape index (κ1) is 23.8. The van der Waals surface area contributed by atoms with Crippen LogP contribution in [0.2, 0.25) is 0 Å². The molecular formula is C26H38O5. The summed E-state index contributed by atoms with van der Waals surface area (Å²) in [7, 11) is 0. The number of carbonyl (C=O) groups is 1. The summed E-state index contributed by atoms with van der Waals surface area (Å²) in [5.41, 5.74) is 1.96. The standard InChI is InChI=1S/C26H38O5/c1-5-17(7-6-15(2)3)22(27)13-12-20-21-11-9-18-8-10-19(26(29)30)16(4)25(18)31-24(21)14-23(20)28/h8,10,12-13,15,17,20-24,27-28H,5-7,9,11,14H2,1-4H3,(H,29,30)/b13-12+/t17?,20-,21-,22?,23-,24+/m1/s1. The summed E-state index contributed by atoms with van der Waals surface area (Å²) in [4.78, 5) is 11.5. The second-order valence-electron chi connectivity index (χ2n) is 9.79. The third-order valence-corrected chi connectivity index (χ3v) is 7.28. The fraction of sp³-hybridized carbons (Fsp3) is 0.654. The Labute approximate surface area is 186 Å². The minimum atomic E-state index is -0.950. The van der Waals surface area contributed by atoms with Gasteiger partial charge in [-0.15, -0.1) is 0 Å². The van der Waals surface area contributed by atoms with Crippen molar-refractivity contribution in [1.82, 2.24) is 0 Å². The number of aromatic carboxylic acids is 1. The summed E-state index contributed by atoms with van der Waals surface area (Å²) in [6.45, 7) is 8.32. The molecule has 1 aromatic rings. The van der Waals surface area contributed by atoms with E-state index in [1.807, 2.05) is 18.2 Å². The summed E-state index contributed by atoms with van der Waals surface area (Å²) in [6.07, 6.45) is 7.96. The van der Waals surface area contributed by atoms with Gasteiger partial charge in [0.25, 0.3) is 0 Å². The van der Waals surface area contributed by atoms with E-state index in [0.29, 0.717) is 23.7 Å². The molecule has 2 unspecified atom stereocenters. The zero-order valence-corrected chi connectivity index (χ0v) is 19.3. The van der Waals surface area contributed by atoms with Crippen LogP contribution in [0.4, 0.5) is 0 Å². The lowest BCUT2D eigenvalue weighted by Gasteiger charge is -2.23. The van der Waals surface area contributed by atoms with Crippen molar-refractivity contribution >= 4 is 5.97 Å². The molecule has 3 N–H and O–H groups in total. The predicted molar refractivity (Wildman–Crippen MR) is 121 cm³/mol. The highest BCUT2D eigenvalue weighted by Gasteiger charge is 2.44. The average molecular weight is 431 g/mol. The number of aryl methyl sites for hydroxylation is 1. The van der Waals surface area contributed by atoms with Gasteiger partial charge in [0, 0.05) is 23.8 Å². The van der Waals surface area contributed by atoms with E-state index in [1.165, 1.54) is 0 Å². The second-order valence-corrected chi connectivity index (χ2v) is 9.79. The molecule has 5 heteroatoms. The van der Waals surface area contributed by atoms with E-state index in [2.05, 4.69) is 20.8 Å². The highest BCUT2D eigenvalue weighted by molar-refractivity contribution is 5.90. The van der Waals surface area contributed by atoms with Crippen molar-refractivity contribution in [2.45, 2.75) is 84.5 Å². The van der Waals surface area contributed by atoms with Crippen molar-refractivity contribution in [3.63, 3.8) is 0 Å². The van der Waals surface area contributed by atoms with Gasteiger partial charge in [-0.3, -0.25) is 0 Å². The van der Waals surface area contributed by atoms with Gasteiger partial charge < -0.3 is 20.1 Å². The van der Waals surface area contributed by atoms with Crippen LogP contribution in [0.5, 0.6) is 5.75 Å². The lowest BCUT2D eigenvalue weighted by molar-refractivity contribution is 0.0694. The maximum Gasteiger partial charge on any atom is 0.336 e. The van der Waals surface area contributed by atoms with Gasteiger partial charge in [0.1, 0.15) is 11.9 Å². The molecule has 5 nitrogen and oxygen atoms in total. The molecule has 0 saturated heterocycles. The summed E-state index contributed by atoms with van der Waals surface area (Å²) < 4.78 is 6.32. The Hall–Kier alpha value is -1.85. The highest BCUT2D eigenvalue weighted by Crippen LogP contribution is 2.44. The zero-order valence-electron chi connectivity index (χ0n) is 19.3. The van der Waals surface area contributed by atoms with Crippen molar-refractivity contribution in [1.29, 1.82) is 0 Å². The number of carboxylic acid groups (broad SMARTS) is 1. The smallest absolute Gasteiger partial charge is 0.336 e. The number of hydrogen-bond donors (Lipinski definition) is 3. The molecule has 172 valence electrons. The molecule has 1 aromatic carbocycles. The van der Waals surface area contributed by atoms with Gasteiger partial charge in [0.15, 0.2) is 0 Å². The Bertz CT molecular complexity index is 799. The van der Waals surface area contributed by atoms with Crippen LogP contribution in [0.1, 0.15) is 74.4 Å². The molecule has 0 amide bonds. The van der Waals surface area contributed by atoms with Gasteiger partial charge in [-0.2, -0.15) is 0 Å². The average Bonchev–Trinajstić information content (AvgIpc) is 2.88. The van der Waals surface area contributed by atoms with Crippen LogP contribution in [-0.4, -0.2) is 39.6 Å². The van der Waals surface area contributed by atoms with E-state index in [4.69, 9.17) is 4.74 Å². The second kappa shape index (κ2) is 10.2. The van der Waals surface area contributed by atoms with Crippen LogP contribution < -0.4 is 4.74 Å². The van der Waals surface area contributed by atoms with Crippen molar-refractivity contribution in [3.8, 4) is 5.75 Å². The normalized spacial score (nSPS) is 27.5. The van der Waals surface area contributed by atoms with Crippen molar-refractivity contribution in [2.24, 2.45) is 23.7 Å². The Kier molecular flexibility index (Phi) is 7.82. The first-order valence-electron chi connectivity index (χ1n) is 11.8. The molecule has 1 aliphatic heterocycles. The number of ether oxygens (including phenoxy) is 1. The van der Waals surface area contributed by atoms with Gasteiger partial charge >= 0.3 is 5.97 Å². The fourth-order valence-corrected chi connectivity index (χ4v) is 5.26. The maximum atomic E-state index is 11.5. The van der Waals surface area contributed by atoms with Gasteiger partial charge in [0.05, 0.1) is 17.8 Å². The van der Waals surface area contributed by atoms with Crippen LogP contribution in [0.3, 0.4) is 0 Å². The number of carboxylic acids is 1. The minimum absolute atomic E-state index is 0.0594. The number of fused-ring (bicyclic) bond motifs is 2. The van der Waals surface area contributed by atoms with E-state index in [0.717, 1.165) is 37.7 Å². The van der Waals surface area contributed by atoms with E-state index >= 15 is 0 Å². The van der Waals surface area contributed by atoms with Gasteiger partial charge in [0.2, 0.25) is 0 Å². The number of benzene rings is 1. The molecular weight excluding hydrogens is 392 g/mol. The largest absolute Gasteiger partial charge is 0.489 e. The zero-order chi connectivity index (χ0) is 22.7. The Morgan fingerprint density at radius 2 is 2.03 bits per heavy atom. The van der Waals surface area contributed by atoms with Crippen LogP contribution in [0.15, 0.2) is 24.3 Å². The molecule has 1 fully saturated rings. The van der Waals surface area contributed by atoms with E-state index in [-0.39, 0.29) is 29.4 Å². The predicted octanol–water partition coefficient (Wildman–Crippen LogP) is 4.76. The van der Waals surface area contributed by atoms with Crippen molar-refractivity contribution in [3.05, 3.63) is 41.0 Å². The Morgan fingerprint density at radius 1 is 1.29 bits per heavy atom. The topological polar surface area (TPSA) is 87.0 Å². The fourth-order valence-electron chi connectivity index (χ4n) is 5.26. The number of aliphatic hydroxyl groups is 2. The van der Waals surface area contributed by atoms with Crippen molar-refractivity contribution < 1.29 is 24.9 Å². The van der Waals surface area contributed by atoms with E-state index in [9.17, 15) is 20.1 Å². The summed E-state index contributed by atoms with van der Waals surface area (Å²) in [6, 6.07) is 3.52. The van der Waals surface area contributed by atoms with Crippen LogP contribution in [0, 0.1) is 30.6 Å². The first-order valence-corrected chi connectivity index (χ1v) is 11.8. The Morgan fingerprint density at radius 3 is 2.68 bits per heavy atom. The Balaban J connectivity index is 1.74. The first-order chi connectivity index (χ1) is 14.7. The van der Waals surface area contributed by atoms with Gasteiger partial charge in [-0.05, 0) is 49.7 Å². The van der Waals surface area contributed by atoms with Gasteiger partial charge in [-0.25, -0.2) is 4.79 Å². The molecule has 6 atom stereocenters. The molecule has 0 radical (unpaired) electrons. The quantitative estimate of drug-likeness (QED) is 0.518. The third kappa shape index (κ3) is 5.32. The molecule has 0 aromatic heterocycles. The number of rotatable bonds is 8. The molecule has 3 rings (SSSR count). The number of aliphatic hydroxyl groups excluding tert-OH is 2. The lowest BCUT2D eigenvalue weighted by Crippen LogP contribution is -2.25. The molecule has 31 heavy (non-hydrogen) atoms. The highest BCUT2D eigenvalue weighted by atomic mass is 16.5. The van der Waals surface area contributed by atoms with Crippen LogP contribution >= 0.6 is 0 Å². The van der Waals surface area contributed by atoms with E-state index in [1.54, 1.807) is 13.0 Å². The van der Waals surface area contributed by atoms with Crippen LogP contribution in [0.25, 0.3) is 0 Å². The molecule has 1 saturated carbocycles. The summed E-state index contributed by atoms with van der Waals surface area (Å²) >= 11 is 0. The molecule has 1 aliphatic carbocycles. The third-order valence-electron chi connectivity index (χ3n) is 7.28. The molecule has 0 bridgehead atoms.